The summed E-state index contributed by atoms with van der Waals surface area (Å²) in [4.78, 5) is 12.8. The third-order valence-electron chi connectivity index (χ3n) is 5.82. The van der Waals surface area contributed by atoms with Crippen LogP contribution in [0.15, 0.2) is 53.4 Å². The SMILES string of the molecule is Cc1ccc(C)c(NS(=O)(=O)c2cc(C(=O)N[C@@H](C)c3cc(C)c(C)cc3C)ccc2Cl)c1. The summed E-state index contributed by atoms with van der Waals surface area (Å²) in [6.07, 6.45) is 0. The van der Waals surface area contributed by atoms with Crippen molar-refractivity contribution in [3.05, 3.63) is 92.5 Å². The molecule has 0 aliphatic heterocycles. The molecule has 5 nitrogen and oxygen atoms in total. The number of nitrogens with one attached hydrogen (secondary N) is 2. The van der Waals surface area contributed by atoms with Crippen molar-refractivity contribution in [1.82, 2.24) is 5.32 Å². The molecule has 1 amide bonds. The highest BCUT2D eigenvalue weighted by atomic mass is 35.5. The molecule has 0 fully saturated rings. The van der Waals surface area contributed by atoms with Crippen molar-refractivity contribution in [2.75, 3.05) is 4.72 Å². The van der Waals surface area contributed by atoms with Crippen LogP contribution in [0.25, 0.3) is 0 Å². The van der Waals surface area contributed by atoms with Gasteiger partial charge < -0.3 is 5.32 Å². The van der Waals surface area contributed by atoms with Crippen LogP contribution in [-0.2, 0) is 10.0 Å². The van der Waals surface area contributed by atoms with Crippen LogP contribution in [0.5, 0.6) is 0 Å². The second kappa shape index (κ2) is 9.57. The summed E-state index contributed by atoms with van der Waals surface area (Å²) in [6.45, 7) is 11.7. The molecule has 0 aromatic heterocycles. The lowest BCUT2D eigenvalue weighted by Gasteiger charge is -2.19. The molecule has 0 aliphatic carbocycles. The summed E-state index contributed by atoms with van der Waals surface area (Å²) in [6, 6.07) is 13.7. The summed E-state index contributed by atoms with van der Waals surface area (Å²) in [7, 11) is -4.00. The highest BCUT2D eigenvalue weighted by molar-refractivity contribution is 7.92. The van der Waals surface area contributed by atoms with Gasteiger partial charge in [0, 0.05) is 5.56 Å². The van der Waals surface area contributed by atoms with Crippen LogP contribution >= 0.6 is 11.6 Å². The number of anilines is 1. The number of carbonyl (C=O) groups is 1. The zero-order valence-corrected chi connectivity index (χ0v) is 21.3. The Bertz CT molecular complexity index is 1330. The van der Waals surface area contributed by atoms with E-state index in [9.17, 15) is 13.2 Å². The van der Waals surface area contributed by atoms with E-state index in [0.29, 0.717) is 5.69 Å². The second-order valence-corrected chi connectivity index (χ2v) is 10.6. The minimum Gasteiger partial charge on any atom is -0.346 e. The summed E-state index contributed by atoms with van der Waals surface area (Å²) in [5.41, 5.74) is 6.84. The van der Waals surface area contributed by atoms with Gasteiger partial charge in [0.1, 0.15) is 4.90 Å². The average molecular weight is 485 g/mol. The maximum atomic E-state index is 13.1. The van der Waals surface area contributed by atoms with Gasteiger partial charge in [-0.1, -0.05) is 35.9 Å². The van der Waals surface area contributed by atoms with Gasteiger partial charge in [0.05, 0.1) is 16.8 Å². The van der Waals surface area contributed by atoms with Crippen LogP contribution in [0.2, 0.25) is 5.02 Å². The molecule has 7 heteroatoms. The molecule has 0 aliphatic rings. The van der Waals surface area contributed by atoms with E-state index in [1.54, 1.807) is 6.07 Å². The van der Waals surface area contributed by atoms with Crippen molar-refractivity contribution in [3.8, 4) is 0 Å². The maximum absolute atomic E-state index is 13.1. The smallest absolute Gasteiger partial charge is 0.263 e. The molecular formula is C26H29ClN2O3S. The van der Waals surface area contributed by atoms with E-state index in [-0.39, 0.29) is 27.4 Å². The number of rotatable bonds is 6. The molecule has 3 aromatic rings. The molecular weight excluding hydrogens is 456 g/mol. The van der Waals surface area contributed by atoms with Crippen LogP contribution < -0.4 is 10.0 Å². The fourth-order valence-electron chi connectivity index (χ4n) is 3.70. The van der Waals surface area contributed by atoms with Crippen LogP contribution in [0.3, 0.4) is 0 Å². The van der Waals surface area contributed by atoms with E-state index in [1.807, 2.05) is 46.8 Å². The molecule has 0 saturated heterocycles. The number of aryl methyl sites for hydroxylation is 5. The Hall–Kier alpha value is -2.83. The predicted octanol–water partition coefficient (Wildman–Crippen LogP) is 6.17. The number of hydrogen-bond donors (Lipinski definition) is 2. The van der Waals surface area contributed by atoms with Gasteiger partial charge in [0.2, 0.25) is 0 Å². The van der Waals surface area contributed by atoms with Gasteiger partial charge in [-0.25, -0.2) is 8.42 Å². The molecule has 3 rings (SSSR count). The highest BCUT2D eigenvalue weighted by Gasteiger charge is 2.22. The summed E-state index contributed by atoms with van der Waals surface area (Å²) in [5.74, 6) is -0.375. The number of amides is 1. The largest absolute Gasteiger partial charge is 0.346 e. The molecule has 174 valence electrons. The second-order valence-electron chi connectivity index (χ2n) is 8.56. The van der Waals surface area contributed by atoms with Crippen LogP contribution in [-0.4, -0.2) is 14.3 Å². The Morgan fingerprint density at radius 3 is 2.21 bits per heavy atom. The Morgan fingerprint density at radius 2 is 1.52 bits per heavy atom. The lowest BCUT2D eigenvalue weighted by atomic mass is 9.96. The highest BCUT2D eigenvalue weighted by Crippen LogP contribution is 2.28. The van der Waals surface area contributed by atoms with Crippen molar-refractivity contribution in [2.45, 2.75) is 52.5 Å². The van der Waals surface area contributed by atoms with E-state index < -0.39 is 10.0 Å². The van der Waals surface area contributed by atoms with E-state index in [0.717, 1.165) is 27.8 Å². The Labute approximate surface area is 201 Å². The van der Waals surface area contributed by atoms with Gasteiger partial charge in [-0.05, 0) is 99.2 Å². The standard InChI is InChI=1S/C26H29ClN2O3S/c1-15-7-8-16(2)24(11-15)29-33(31,32)25-14-21(9-10-23(25)27)26(30)28-20(6)22-13-18(4)17(3)12-19(22)5/h7-14,20,29H,1-6H3,(H,28,30)/t20-/m0/s1. The normalized spacial score (nSPS) is 12.3. The number of sulfonamides is 1. The van der Waals surface area contributed by atoms with Crippen molar-refractivity contribution in [1.29, 1.82) is 0 Å². The van der Waals surface area contributed by atoms with Gasteiger partial charge in [-0.15, -0.1) is 0 Å². The fourth-order valence-corrected chi connectivity index (χ4v) is 5.35. The molecule has 1 atom stereocenters. The molecule has 0 heterocycles. The van der Waals surface area contributed by atoms with Crippen LogP contribution in [0, 0.1) is 34.6 Å². The van der Waals surface area contributed by atoms with Crippen LogP contribution in [0.4, 0.5) is 5.69 Å². The van der Waals surface area contributed by atoms with Crippen molar-refractivity contribution >= 4 is 33.2 Å². The molecule has 0 spiro atoms. The fraction of sp³-hybridized carbons (Fsp3) is 0.269. The van der Waals surface area contributed by atoms with Crippen molar-refractivity contribution in [3.63, 3.8) is 0 Å². The first-order valence-electron chi connectivity index (χ1n) is 10.7. The van der Waals surface area contributed by atoms with Crippen molar-refractivity contribution in [2.24, 2.45) is 0 Å². The van der Waals surface area contributed by atoms with Gasteiger partial charge in [0.25, 0.3) is 15.9 Å². The maximum Gasteiger partial charge on any atom is 0.263 e. The third-order valence-corrected chi connectivity index (χ3v) is 7.66. The number of benzene rings is 3. The topological polar surface area (TPSA) is 75.3 Å². The molecule has 2 N–H and O–H groups in total. The predicted molar refractivity (Wildman–Crippen MR) is 135 cm³/mol. The first-order valence-corrected chi connectivity index (χ1v) is 12.5. The summed E-state index contributed by atoms with van der Waals surface area (Å²) in [5, 5.41) is 3.01. The van der Waals surface area contributed by atoms with E-state index in [1.165, 1.54) is 23.8 Å². The number of hydrogen-bond acceptors (Lipinski definition) is 3. The summed E-state index contributed by atoms with van der Waals surface area (Å²) < 4.78 is 28.8. The third kappa shape index (κ3) is 5.57. The van der Waals surface area contributed by atoms with Crippen LogP contribution in [0.1, 0.15) is 56.7 Å². The van der Waals surface area contributed by atoms with Gasteiger partial charge >= 0.3 is 0 Å². The van der Waals surface area contributed by atoms with Gasteiger partial charge in [-0.3, -0.25) is 9.52 Å². The zero-order chi connectivity index (χ0) is 24.5. The number of halogens is 1. The first-order chi connectivity index (χ1) is 15.4. The monoisotopic (exact) mass is 484 g/mol. The minimum absolute atomic E-state index is 0.0439. The Morgan fingerprint density at radius 1 is 0.848 bits per heavy atom. The average Bonchev–Trinajstić information content (AvgIpc) is 2.73. The molecule has 0 saturated carbocycles. The quantitative estimate of drug-likeness (QED) is 0.439. The van der Waals surface area contributed by atoms with Gasteiger partial charge in [0.15, 0.2) is 0 Å². The molecule has 0 radical (unpaired) electrons. The zero-order valence-electron chi connectivity index (χ0n) is 19.7. The molecule has 0 bridgehead atoms. The molecule has 3 aromatic carbocycles. The lowest BCUT2D eigenvalue weighted by Crippen LogP contribution is -2.27. The summed E-state index contributed by atoms with van der Waals surface area (Å²) >= 11 is 6.23. The minimum atomic E-state index is -4.00. The van der Waals surface area contributed by atoms with E-state index >= 15 is 0 Å². The molecule has 0 unspecified atom stereocenters. The van der Waals surface area contributed by atoms with Gasteiger partial charge in [-0.2, -0.15) is 0 Å². The first kappa shape index (κ1) is 24.8. The Balaban J connectivity index is 1.88. The van der Waals surface area contributed by atoms with E-state index in [2.05, 4.69) is 29.1 Å². The lowest BCUT2D eigenvalue weighted by molar-refractivity contribution is 0.0939. The van der Waals surface area contributed by atoms with Crippen molar-refractivity contribution < 1.29 is 13.2 Å². The number of carbonyl (C=O) groups excluding carboxylic acids is 1. The van der Waals surface area contributed by atoms with E-state index in [4.69, 9.17) is 11.6 Å². The Kier molecular flexibility index (Phi) is 7.20. The molecule has 33 heavy (non-hydrogen) atoms.